The molecule has 2 aliphatic rings. The van der Waals surface area contributed by atoms with Crippen molar-refractivity contribution in [2.45, 2.75) is 64.2 Å². The Kier molecular flexibility index (Phi) is 6.27. The third-order valence-corrected chi connectivity index (χ3v) is 6.02. The van der Waals surface area contributed by atoms with E-state index >= 15 is 0 Å². The maximum Gasteiger partial charge on any atom is 0.160 e. The summed E-state index contributed by atoms with van der Waals surface area (Å²) in [6.07, 6.45) is 12.5. The highest BCUT2D eigenvalue weighted by atomic mass is 19.2. The first-order valence-corrected chi connectivity index (χ1v) is 9.58. The average Bonchev–Trinajstić information content (AvgIpc) is 2.65. The predicted octanol–water partition coefficient (Wildman–Crippen LogP) is 5.94. The average molecular weight is 350 g/mol. The van der Waals surface area contributed by atoms with Gasteiger partial charge in [0.25, 0.3) is 0 Å². The molecule has 0 radical (unpaired) electrons. The van der Waals surface area contributed by atoms with Crippen LogP contribution in [0.2, 0.25) is 0 Å². The summed E-state index contributed by atoms with van der Waals surface area (Å²) in [6, 6.07) is 3.60. The molecule has 0 bridgehead atoms. The van der Waals surface area contributed by atoms with Crippen LogP contribution in [0.5, 0.6) is 0 Å². The van der Waals surface area contributed by atoms with Crippen molar-refractivity contribution in [2.24, 2.45) is 22.9 Å². The predicted molar refractivity (Wildman–Crippen MR) is 95.8 cm³/mol. The van der Waals surface area contributed by atoms with Gasteiger partial charge in [-0.1, -0.05) is 37.3 Å². The number of oxime groups is 1. The summed E-state index contributed by atoms with van der Waals surface area (Å²) in [4.78, 5) is 0. The van der Waals surface area contributed by atoms with Crippen LogP contribution in [0.1, 0.15) is 64.2 Å². The highest BCUT2D eigenvalue weighted by Gasteiger charge is 2.29. The first-order valence-electron chi connectivity index (χ1n) is 9.58. The van der Waals surface area contributed by atoms with Gasteiger partial charge in [0, 0.05) is 18.2 Å². The minimum Gasteiger partial charge on any atom is -0.409 e. The SMILES string of the molecule is ON=C(C[C@H]1CC[C@@H](C2CCCCC2)CC1)Nc1ccc(F)c(F)c1. The molecule has 5 heteroatoms. The zero-order valence-corrected chi connectivity index (χ0v) is 14.7. The number of anilines is 1. The van der Waals surface area contributed by atoms with Crippen molar-refractivity contribution in [3.05, 3.63) is 29.8 Å². The maximum atomic E-state index is 13.3. The summed E-state index contributed by atoms with van der Waals surface area (Å²) in [6.45, 7) is 0. The van der Waals surface area contributed by atoms with Crippen molar-refractivity contribution in [1.82, 2.24) is 0 Å². The van der Waals surface area contributed by atoms with Crippen LogP contribution < -0.4 is 5.32 Å². The number of benzene rings is 1. The van der Waals surface area contributed by atoms with E-state index in [-0.39, 0.29) is 0 Å². The van der Waals surface area contributed by atoms with E-state index in [1.807, 2.05) is 0 Å². The molecule has 3 rings (SSSR count). The molecule has 0 saturated heterocycles. The summed E-state index contributed by atoms with van der Waals surface area (Å²) < 4.78 is 26.3. The van der Waals surface area contributed by atoms with Crippen LogP contribution >= 0.6 is 0 Å². The van der Waals surface area contributed by atoms with E-state index in [9.17, 15) is 14.0 Å². The number of rotatable bonds is 4. The summed E-state index contributed by atoms with van der Waals surface area (Å²) in [5, 5.41) is 15.5. The van der Waals surface area contributed by atoms with Crippen LogP contribution in [0.4, 0.5) is 14.5 Å². The molecule has 0 spiro atoms. The summed E-state index contributed by atoms with van der Waals surface area (Å²) in [5.74, 6) is 0.909. The molecule has 1 aromatic rings. The minimum absolute atomic E-state index is 0.405. The standard InChI is InChI=1S/C20H28F2N2O/c21-18-11-10-17(13-19(18)22)23-20(24-25)12-14-6-8-16(9-7-14)15-4-2-1-3-5-15/h10-11,13-16,25H,1-9,12H2,(H,23,24)/t14-,16+. The first kappa shape index (κ1) is 18.2. The lowest BCUT2D eigenvalue weighted by Gasteiger charge is -2.36. The number of nitrogens with one attached hydrogen (secondary N) is 1. The van der Waals surface area contributed by atoms with Gasteiger partial charge in [0.15, 0.2) is 11.6 Å². The Labute approximate surface area is 148 Å². The van der Waals surface area contributed by atoms with E-state index in [1.54, 1.807) is 0 Å². The van der Waals surface area contributed by atoms with Gasteiger partial charge in [-0.2, -0.15) is 0 Å². The lowest BCUT2D eigenvalue weighted by atomic mass is 9.70. The van der Waals surface area contributed by atoms with Crippen LogP contribution in [0, 0.1) is 29.4 Å². The molecule has 2 saturated carbocycles. The molecule has 0 atom stereocenters. The molecular weight excluding hydrogens is 322 g/mol. The third-order valence-electron chi connectivity index (χ3n) is 6.02. The fourth-order valence-electron chi connectivity index (χ4n) is 4.60. The number of hydrogen-bond donors (Lipinski definition) is 2. The van der Waals surface area contributed by atoms with Crippen molar-refractivity contribution < 1.29 is 14.0 Å². The molecule has 2 aliphatic carbocycles. The van der Waals surface area contributed by atoms with Crippen LogP contribution in [-0.4, -0.2) is 11.0 Å². The Morgan fingerprint density at radius 3 is 2.28 bits per heavy atom. The summed E-state index contributed by atoms with van der Waals surface area (Å²) >= 11 is 0. The van der Waals surface area contributed by atoms with E-state index < -0.39 is 11.6 Å². The van der Waals surface area contributed by atoms with Crippen LogP contribution in [0.25, 0.3) is 0 Å². The number of nitrogens with zero attached hydrogens (tertiary/aromatic N) is 1. The van der Waals surface area contributed by atoms with Crippen LogP contribution in [0.15, 0.2) is 23.4 Å². The maximum absolute atomic E-state index is 13.3. The first-order chi connectivity index (χ1) is 12.2. The van der Waals surface area contributed by atoms with Crippen molar-refractivity contribution >= 4 is 11.5 Å². The number of hydrogen-bond acceptors (Lipinski definition) is 2. The largest absolute Gasteiger partial charge is 0.409 e. The molecule has 0 aliphatic heterocycles. The van der Waals surface area contributed by atoms with Gasteiger partial charge < -0.3 is 10.5 Å². The molecule has 0 aromatic heterocycles. The molecule has 25 heavy (non-hydrogen) atoms. The fraction of sp³-hybridized carbons (Fsp3) is 0.650. The third kappa shape index (κ3) is 4.93. The van der Waals surface area contributed by atoms with Gasteiger partial charge in [0.1, 0.15) is 5.84 Å². The Balaban J connectivity index is 1.48. The molecule has 0 unspecified atom stereocenters. The van der Waals surface area contributed by atoms with Gasteiger partial charge in [0.05, 0.1) is 0 Å². The number of halogens is 2. The zero-order chi connectivity index (χ0) is 17.6. The van der Waals surface area contributed by atoms with Crippen molar-refractivity contribution in [3.8, 4) is 0 Å². The normalized spacial score (nSPS) is 25.8. The van der Waals surface area contributed by atoms with Crippen molar-refractivity contribution in [3.63, 3.8) is 0 Å². The molecule has 1 aromatic carbocycles. The molecule has 3 nitrogen and oxygen atoms in total. The van der Waals surface area contributed by atoms with Gasteiger partial charge in [-0.15, -0.1) is 0 Å². The van der Waals surface area contributed by atoms with Crippen LogP contribution in [0.3, 0.4) is 0 Å². The second-order valence-corrected chi connectivity index (χ2v) is 7.68. The van der Waals surface area contributed by atoms with Gasteiger partial charge in [-0.3, -0.25) is 0 Å². The number of amidine groups is 1. The van der Waals surface area contributed by atoms with Crippen LogP contribution in [-0.2, 0) is 0 Å². The quantitative estimate of drug-likeness (QED) is 0.305. The van der Waals surface area contributed by atoms with Crippen molar-refractivity contribution in [1.29, 1.82) is 0 Å². The second kappa shape index (κ2) is 8.63. The topological polar surface area (TPSA) is 44.6 Å². The molecular formula is C20H28F2N2O. The summed E-state index contributed by atoms with van der Waals surface area (Å²) in [7, 11) is 0. The molecule has 0 amide bonds. The van der Waals surface area contributed by atoms with Gasteiger partial charge in [-0.05, 0) is 55.6 Å². The summed E-state index contributed by atoms with van der Waals surface area (Å²) in [5.41, 5.74) is 0.405. The van der Waals surface area contributed by atoms with E-state index in [1.165, 1.54) is 51.0 Å². The van der Waals surface area contributed by atoms with E-state index in [0.717, 1.165) is 36.8 Å². The molecule has 2 N–H and O–H groups in total. The Morgan fingerprint density at radius 1 is 0.960 bits per heavy atom. The highest BCUT2D eigenvalue weighted by Crippen LogP contribution is 2.40. The van der Waals surface area contributed by atoms with E-state index in [2.05, 4.69) is 10.5 Å². The zero-order valence-electron chi connectivity index (χ0n) is 14.7. The van der Waals surface area contributed by atoms with Gasteiger partial charge >= 0.3 is 0 Å². The molecule has 138 valence electrons. The lowest BCUT2D eigenvalue weighted by Crippen LogP contribution is -2.26. The Bertz CT molecular complexity index is 591. The molecule has 0 heterocycles. The smallest absolute Gasteiger partial charge is 0.160 e. The van der Waals surface area contributed by atoms with Gasteiger partial charge in [0.2, 0.25) is 0 Å². The van der Waals surface area contributed by atoms with Crippen molar-refractivity contribution in [2.75, 3.05) is 5.32 Å². The fourth-order valence-corrected chi connectivity index (χ4v) is 4.60. The van der Waals surface area contributed by atoms with Gasteiger partial charge in [-0.25, -0.2) is 8.78 Å². The van der Waals surface area contributed by atoms with E-state index in [0.29, 0.717) is 23.9 Å². The van der Waals surface area contributed by atoms with E-state index in [4.69, 9.17) is 0 Å². The highest BCUT2D eigenvalue weighted by molar-refractivity contribution is 5.95. The Hall–Kier alpha value is -1.65. The lowest BCUT2D eigenvalue weighted by molar-refractivity contribution is 0.169. The Morgan fingerprint density at radius 2 is 1.64 bits per heavy atom. The minimum atomic E-state index is -0.907. The second-order valence-electron chi connectivity index (χ2n) is 7.68. The molecule has 2 fully saturated rings. The monoisotopic (exact) mass is 350 g/mol.